The van der Waals surface area contributed by atoms with Crippen LogP contribution >= 0.6 is 23.8 Å². The molecule has 0 atom stereocenters. The first-order valence-electron chi connectivity index (χ1n) is 10.9. The highest BCUT2D eigenvalue weighted by Crippen LogP contribution is 2.34. The van der Waals surface area contributed by atoms with Crippen molar-refractivity contribution in [3.63, 3.8) is 0 Å². The van der Waals surface area contributed by atoms with E-state index in [0.29, 0.717) is 54.0 Å². The number of carbonyl (C=O) groups excluding carboxylic acids is 2. The normalized spacial score (nSPS) is 13.5. The molecular weight excluding hydrogens is 476 g/mol. The highest BCUT2D eigenvalue weighted by atomic mass is 35.5. The summed E-state index contributed by atoms with van der Waals surface area (Å²) in [6, 6.07) is 10.3. The number of ether oxygens (including phenoxy) is 2. The highest BCUT2D eigenvalue weighted by Gasteiger charge is 2.25. The molecule has 0 unspecified atom stereocenters. The third-order valence-corrected chi connectivity index (χ3v) is 5.99. The van der Waals surface area contributed by atoms with Crippen LogP contribution in [0.4, 0.5) is 11.4 Å². The average Bonchev–Trinajstić information content (AvgIpc) is 2.83. The Hall–Kier alpha value is -3.04. The van der Waals surface area contributed by atoms with E-state index in [0.717, 1.165) is 5.69 Å². The minimum atomic E-state index is -0.404. The maximum atomic E-state index is 12.8. The third-order valence-electron chi connectivity index (χ3n) is 5.48. The van der Waals surface area contributed by atoms with Crippen LogP contribution < -0.4 is 25.0 Å². The largest absolute Gasteiger partial charge is 0.497 e. The molecule has 0 saturated carbocycles. The fraction of sp³-hybridized carbons (Fsp3) is 0.375. The van der Waals surface area contributed by atoms with Crippen LogP contribution in [0.2, 0.25) is 5.02 Å². The van der Waals surface area contributed by atoms with Crippen LogP contribution in [0, 0.1) is 5.92 Å². The molecule has 2 N–H and O–H groups in total. The molecule has 1 heterocycles. The van der Waals surface area contributed by atoms with E-state index in [1.165, 1.54) is 14.2 Å². The van der Waals surface area contributed by atoms with Crippen molar-refractivity contribution in [3.8, 4) is 11.5 Å². The third kappa shape index (κ3) is 6.09. The van der Waals surface area contributed by atoms with E-state index < -0.39 is 5.91 Å². The Morgan fingerprint density at radius 3 is 2.21 bits per heavy atom. The monoisotopic (exact) mass is 504 g/mol. The van der Waals surface area contributed by atoms with Crippen LogP contribution in [0.3, 0.4) is 0 Å². The standard InChI is InChI=1S/C24H29ClN4O4S/c1-15(2)23(31)29-10-8-28(9-11-29)21-19(25)6-5-7-20(21)26-24(34)27-22(30)16-12-17(32-3)14-18(13-16)33-4/h5-7,12-15H,8-11H2,1-4H3,(H2,26,27,30,34). The molecule has 0 spiro atoms. The van der Waals surface area contributed by atoms with Gasteiger partial charge in [-0.25, -0.2) is 0 Å². The lowest BCUT2D eigenvalue weighted by Gasteiger charge is -2.38. The molecule has 1 aliphatic rings. The number of anilines is 2. The predicted octanol–water partition coefficient (Wildman–Crippen LogP) is 3.79. The first-order valence-corrected chi connectivity index (χ1v) is 11.7. The maximum absolute atomic E-state index is 12.8. The first-order chi connectivity index (χ1) is 16.2. The molecule has 2 aromatic rings. The number of para-hydroxylation sites is 1. The van der Waals surface area contributed by atoms with Gasteiger partial charge in [0.2, 0.25) is 5.91 Å². The van der Waals surface area contributed by atoms with Crippen LogP contribution in [0.15, 0.2) is 36.4 Å². The second-order valence-corrected chi connectivity index (χ2v) is 8.93. The van der Waals surface area contributed by atoms with Crippen LogP contribution in [-0.2, 0) is 4.79 Å². The second kappa shape index (κ2) is 11.4. The van der Waals surface area contributed by atoms with E-state index >= 15 is 0 Å². The van der Waals surface area contributed by atoms with Gasteiger partial charge in [-0.2, -0.15) is 0 Å². The predicted molar refractivity (Wildman–Crippen MR) is 138 cm³/mol. The number of nitrogens with one attached hydrogen (secondary N) is 2. The van der Waals surface area contributed by atoms with E-state index in [9.17, 15) is 9.59 Å². The summed E-state index contributed by atoms with van der Waals surface area (Å²) < 4.78 is 10.5. The Bertz CT molecular complexity index is 1050. The molecule has 2 aromatic carbocycles. The molecule has 1 fully saturated rings. The van der Waals surface area contributed by atoms with Crippen molar-refractivity contribution < 1.29 is 19.1 Å². The number of nitrogens with zero attached hydrogens (tertiary/aromatic N) is 2. The average molecular weight is 505 g/mol. The Morgan fingerprint density at radius 1 is 1.03 bits per heavy atom. The highest BCUT2D eigenvalue weighted by molar-refractivity contribution is 7.80. The summed E-state index contributed by atoms with van der Waals surface area (Å²) in [7, 11) is 3.03. The van der Waals surface area contributed by atoms with Gasteiger partial charge in [-0.05, 0) is 36.5 Å². The number of carbonyl (C=O) groups is 2. The zero-order valence-electron chi connectivity index (χ0n) is 19.7. The van der Waals surface area contributed by atoms with Crippen molar-refractivity contribution in [2.45, 2.75) is 13.8 Å². The summed E-state index contributed by atoms with van der Waals surface area (Å²) in [5.74, 6) is 0.704. The minimum Gasteiger partial charge on any atom is -0.497 e. The zero-order chi connectivity index (χ0) is 24.8. The fourth-order valence-electron chi connectivity index (χ4n) is 3.72. The number of hydrogen-bond acceptors (Lipinski definition) is 6. The van der Waals surface area contributed by atoms with E-state index in [1.807, 2.05) is 30.9 Å². The van der Waals surface area contributed by atoms with Gasteiger partial charge < -0.3 is 24.6 Å². The van der Waals surface area contributed by atoms with Gasteiger partial charge in [-0.3, -0.25) is 14.9 Å². The van der Waals surface area contributed by atoms with Crippen LogP contribution in [0.5, 0.6) is 11.5 Å². The minimum absolute atomic E-state index is 0.0328. The molecule has 0 bridgehead atoms. The summed E-state index contributed by atoms with van der Waals surface area (Å²) in [5.41, 5.74) is 1.79. The number of piperazine rings is 1. The van der Waals surface area contributed by atoms with Crippen molar-refractivity contribution in [3.05, 3.63) is 47.0 Å². The Morgan fingerprint density at radius 2 is 1.65 bits per heavy atom. The summed E-state index contributed by atoms with van der Waals surface area (Å²) in [6.07, 6.45) is 0. The Labute approximate surface area is 210 Å². The fourth-order valence-corrected chi connectivity index (χ4v) is 4.22. The first kappa shape index (κ1) is 25.6. The van der Waals surface area contributed by atoms with Gasteiger partial charge in [0, 0.05) is 43.7 Å². The Balaban J connectivity index is 1.71. The molecule has 0 aromatic heterocycles. The molecule has 10 heteroatoms. The summed E-state index contributed by atoms with van der Waals surface area (Å²) in [4.78, 5) is 29.1. The van der Waals surface area contributed by atoms with Crippen molar-refractivity contribution in [1.82, 2.24) is 10.2 Å². The summed E-state index contributed by atoms with van der Waals surface area (Å²) in [5, 5.41) is 6.46. The van der Waals surface area contributed by atoms with Gasteiger partial charge in [0.05, 0.1) is 30.6 Å². The lowest BCUT2D eigenvalue weighted by Crippen LogP contribution is -2.50. The molecule has 182 valence electrons. The van der Waals surface area contributed by atoms with E-state index in [-0.39, 0.29) is 16.9 Å². The maximum Gasteiger partial charge on any atom is 0.257 e. The summed E-state index contributed by atoms with van der Waals surface area (Å²) in [6.45, 7) is 6.31. The van der Waals surface area contributed by atoms with Gasteiger partial charge in [0.15, 0.2) is 5.11 Å². The number of amides is 2. The van der Waals surface area contributed by atoms with Gasteiger partial charge in [-0.15, -0.1) is 0 Å². The number of halogens is 1. The second-order valence-electron chi connectivity index (χ2n) is 8.11. The summed E-state index contributed by atoms with van der Waals surface area (Å²) >= 11 is 11.9. The van der Waals surface area contributed by atoms with Crippen molar-refractivity contribution in [2.75, 3.05) is 50.6 Å². The molecule has 0 aliphatic carbocycles. The van der Waals surface area contributed by atoms with Gasteiger partial charge in [0.25, 0.3) is 5.91 Å². The molecular formula is C24H29ClN4O4S. The van der Waals surface area contributed by atoms with Gasteiger partial charge >= 0.3 is 0 Å². The van der Waals surface area contributed by atoms with E-state index in [2.05, 4.69) is 15.5 Å². The van der Waals surface area contributed by atoms with Crippen LogP contribution in [0.25, 0.3) is 0 Å². The SMILES string of the molecule is COc1cc(OC)cc(C(=O)NC(=S)Nc2cccc(Cl)c2N2CCN(C(=O)C(C)C)CC2)c1. The van der Waals surface area contributed by atoms with E-state index in [1.54, 1.807) is 24.3 Å². The zero-order valence-corrected chi connectivity index (χ0v) is 21.3. The molecule has 1 saturated heterocycles. The van der Waals surface area contributed by atoms with Crippen molar-refractivity contribution >= 4 is 52.1 Å². The number of methoxy groups -OCH3 is 2. The molecule has 0 radical (unpaired) electrons. The van der Waals surface area contributed by atoms with Crippen molar-refractivity contribution in [2.24, 2.45) is 5.92 Å². The van der Waals surface area contributed by atoms with E-state index in [4.69, 9.17) is 33.3 Å². The molecule has 34 heavy (non-hydrogen) atoms. The number of benzene rings is 2. The molecule has 1 aliphatic heterocycles. The van der Waals surface area contributed by atoms with Crippen LogP contribution in [0.1, 0.15) is 24.2 Å². The molecule has 8 nitrogen and oxygen atoms in total. The molecule has 3 rings (SSSR count). The lowest BCUT2D eigenvalue weighted by atomic mass is 10.1. The van der Waals surface area contributed by atoms with Crippen molar-refractivity contribution in [1.29, 1.82) is 0 Å². The number of rotatable bonds is 6. The van der Waals surface area contributed by atoms with Gasteiger partial charge in [0.1, 0.15) is 11.5 Å². The smallest absolute Gasteiger partial charge is 0.257 e. The van der Waals surface area contributed by atoms with Gasteiger partial charge in [-0.1, -0.05) is 31.5 Å². The van der Waals surface area contributed by atoms with Crippen LogP contribution in [-0.4, -0.2) is 62.2 Å². The quantitative estimate of drug-likeness (QED) is 0.579. The number of thiocarbonyl (C=S) groups is 1. The number of hydrogen-bond donors (Lipinski definition) is 2. The Kier molecular flexibility index (Phi) is 8.57. The lowest BCUT2D eigenvalue weighted by molar-refractivity contribution is -0.134. The topological polar surface area (TPSA) is 83.1 Å². The molecule has 2 amide bonds.